The fraction of sp³-hybridized carbons (Fsp3) is 0.250. The van der Waals surface area contributed by atoms with E-state index in [0.29, 0.717) is 25.4 Å². The minimum absolute atomic E-state index is 0.111. The maximum absolute atomic E-state index is 12.9. The molecular formula is C24H25N3O3. The van der Waals surface area contributed by atoms with Crippen molar-refractivity contribution < 1.29 is 14.0 Å². The first-order valence-electron chi connectivity index (χ1n) is 10.2. The number of likely N-dealkylation sites (tertiary alicyclic amines) is 1. The van der Waals surface area contributed by atoms with Crippen molar-refractivity contribution in [2.24, 2.45) is 5.92 Å². The van der Waals surface area contributed by atoms with Gasteiger partial charge in [-0.25, -0.2) is 4.79 Å². The predicted octanol–water partition coefficient (Wildman–Crippen LogP) is 4.62. The van der Waals surface area contributed by atoms with Crippen LogP contribution in [0.1, 0.15) is 23.4 Å². The van der Waals surface area contributed by atoms with Crippen molar-refractivity contribution in [3.63, 3.8) is 0 Å². The topological polar surface area (TPSA) is 74.6 Å². The first-order chi connectivity index (χ1) is 14.7. The van der Waals surface area contributed by atoms with Crippen molar-refractivity contribution in [3.8, 4) is 11.1 Å². The van der Waals surface area contributed by atoms with Gasteiger partial charge in [0.05, 0.1) is 12.0 Å². The van der Waals surface area contributed by atoms with Crippen molar-refractivity contribution in [3.05, 3.63) is 78.8 Å². The molecule has 6 nitrogen and oxygen atoms in total. The molecule has 0 aliphatic carbocycles. The van der Waals surface area contributed by atoms with E-state index in [0.717, 1.165) is 29.7 Å². The van der Waals surface area contributed by atoms with Crippen molar-refractivity contribution in [2.45, 2.75) is 12.8 Å². The van der Waals surface area contributed by atoms with Crippen molar-refractivity contribution in [1.29, 1.82) is 0 Å². The standard InChI is InChI=1S/C24H25N3O3/c28-23(22-13-7-15-30-22)25-16-18-8-6-14-27(17-18)24(29)26-21-12-5-4-11-20(21)19-9-2-1-3-10-19/h1-5,7,9-13,15,18H,6,8,14,16-17H2,(H,25,28)(H,26,29)/t18-/m0/s1. The Morgan fingerprint density at radius 2 is 1.80 bits per heavy atom. The van der Waals surface area contributed by atoms with Gasteiger partial charge < -0.3 is 20.0 Å². The highest BCUT2D eigenvalue weighted by atomic mass is 16.3. The average Bonchev–Trinajstić information content (AvgIpc) is 3.34. The minimum Gasteiger partial charge on any atom is -0.459 e. The molecule has 4 rings (SSSR count). The largest absolute Gasteiger partial charge is 0.459 e. The third-order valence-electron chi connectivity index (χ3n) is 5.36. The number of carbonyl (C=O) groups is 2. The lowest BCUT2D eigenvalue weighted by atomic mass is 9.98. The highest BCUT2D eigenvalue weighted by Gasteiger charge is 2.25. The predicted molar refractivity (Wildman–Crippen MR) is 116 cm³/mol. The van der Waals surface area contributed by atoms with Gasteiger partial charge in [0.1, 0.15) is 0 Å². The third kappa shape index (κ3) is 4.71. The Balaban J connectivity index is 1.37. The molecule has 0 spiro atoms. The maximum atomic E-state index is 12.9. The molecule has 2 N–H and O–H groups in total. The molecule has 0 radical (unpaired) electrons. The molecule has 0 saturated carbocycles. The van der Waals surface area contributed by atoms with Gasteiger partial charge in [-0.15, -0.1) is 0 Å². The zero-order valence-electron chi connectivity index (χ0n) is 16.7. The molecule has 30 heavy (non-hydrogen) atoms. The van der Waals surface area contributed by atoms with Crippen molar-refractivity contribution in [1.82, 2.24) is 10.2 Å². The fourth-order valence-corrected chi connectivity index (χ4v) is 3.80. The SMILES string of the molecule is O=C(NC[C@@H]1CCCN(C(=O)Nc2ccccc2-c2ccccc2)C1)c1ccco1. The molecule has 2 heterocycles. The lowest BCUT2D eigenvalue weighted by Crippen LogP contribution is -2.45. The third-order valence-corrected chi connectivity index (χ3v) is 5.36. The fourth-order valence-electron chi connectivity index (χ4n) is 3.80. The number of urea groups is 1. The molecule has 3 amide bonds. The van der Waals surface area contributed by atoms with Crippen LogP contribution >= 0.6 is 0 Å². The lowest BCUT2D eigenvalue weighted by molar-refractivity contribution is 0.0911. The van der Waals surface area contributed by atoms with Crippen LogP contribution in [-0.2, 0) is 0 Å². The Morgan fingerprint density at radius 1 is 1.00 bits per heavy atom. The molecule has 1 aliphatic rings. The van der Waals surface area contributed by atoms with Crippen LogP contribution in [0, 0.1) is 5.92 Å². The van der Waals surface area contributed by atoms with Gasteiger partial charge in [0.2, 0.25) is 0 Å². The van der Waals surface area contributed by atoms with Crippen LogP contribution in [0.4, 0.5) is 10.5 Å². The number of anilines is 1. The number of para-hydroxylation sites is 1. The summed E-state index contributed by atoms with van der Waals surface area (Å²) in [5, 5.41) is 5.97. The van der Waals surface area contributed by atoms with E-state index < -0.39 is 0 Å². The van der Waals surface area contributed by atoms with Crippen LogP contribution in [0.25, 0.3) is 11.1 Å². The number of nitrogens with one attached hydrogen (secondary N) is 2. The summed E-state index contributed by atoms with van der Waals surface area (Å²) < 4.78 is 5.12. The van der Waals surface area contributed by atoms with Crippen molar-refractivity contribution in [2.75, 3.05) is 25.0 Å². The maximum Gasteiger partial charge on any atom is 0.321 e. The summed E-state index contributed by atoms with van der Waals surface area (Å²) in [7, 11) is 0. The molecule has 1 aromatic heterocycles. The summed E-state index contributed by atoms with van der Waals surface area (Å²) in [6, 6.07) is 21.0. The van der Waals surface area contributed by atoms with E-state index in [1.165, 1.54) is 6.26 Å². The summed E-state index contributed by atoms with van der Waals surface area (Å²) in [5.74, 6) is 0.295. The van der Waals surface area contributed by atoms with Crippen molar-refractivity contribution >= 4 is 17.6 Å². The molecule has 0 bridgehead atoms. The van der Waals surface area contributed by atoms with Crippen LogP contribution in [0.2, 0.25) is 0 Å². The van der Waals surface area contributed by atoms with Gasteiger partial charge in [-0.1, -0.05) is 48.5 Å². The molecule has 1 atom stereocenters. The second-order valence-electron chi connectivity index (χ2n) is 7.48. The Bertz CT molecular complexity index is 986. The summed E-state index contributed by atoms with van der Waals surface area (Å²) >= 11 is 0. The summed E-state index contributed by atoms with van der Waals surface area (Å²) in [6.45, 7) is 1.84. The number of hydrogen-bond donors (Lipinski definition) is 2. The zero-order chi connectivity index (χ0) is 20.8. The van der Waals surface area contributed by atoms with Crippen LogP contribution < -0.4 is 10.6 Å². The molecule has 0 unspecified atom stereocenters. The normalized spacial score (nSPS) is 16.1. The first-order valence-corrected chi connectivity index (χ1v) is 10.2. The van der Waals surface area contributed by atoms with Crippen LogP contribution in [-0.4, -0.2) is 36.5 Å². The van der Waals surface area contributed by atoms with E-state index in [1.54, 1.807) is 12.1 Å². The van der Waals surface area contributed by atoms with Crippen LogP contribution in [0.15, 0.2) is 77.4 Å². The molecule has 6 heteroatoms. The molecule has 3 aromatic rings. The van der Waals surface area contributed by atoms with E-state index in [9.17, 15) is 9.59 Å². The molecule has 1 fully saturated rings. The van der Waals surface area contributed by atoms with Gasteiger partial charge in [-0.3, -0.25) is 4.79 Å². The smallest absolute Gasteiger partial charge is 0.321 e. The second kappa shape index (κ2) is 9.31. The summed E-state index contributed by atoms with van der Waals surface area (Å²) in [5.41, 5.74) is 2.85. The Morgan fingerprint density at radius 3 is 2.60 bits per heavy atom. The van der Waals surface area contributed by atoms with E-state index in [4.69, 9.17) is 4.42 Å². The second-order valence-corrected chi connectivity index (χ2v) is 7.48. The van der Waals surface area contributed by atoms with Gasteiger partial charge in [0, 0.05) is 25.2 Å². The van der Waals surface area contributed by atoms with Gasteiger partial charge >= 0.3 is 6.03 Å². The quantitative estimate of drug-likeness (QED) is 0.653. The number of rotatable bonds is 5. The molecule has 154 valence electrons. The monoisotopic (exact) mass is 403 g/mol. The van der Waals surface area contributed by atoms with Gasteiger partial charge in [0.25, 0.3) is 5.91 Å². The van der Waals surface area contributed by atoms with Gasteiger partial charge in [0.15, 0.2) is 5.76 Å². The van der Waals surface area contributed by atoms with Gasteiger partial charge in [-0.2, -0.15) is 0 Å². The minimum atomic E-state index is -0.224. The average molecular weight is 403 g/mol. The van der Waals surface area contributed by atoms with Gasteiger partial charge in [-0.05, 0) is 42.5 Å². The van der Waals surface area contributed by atoms with Crippen LogP contribution in [0.3, 0.4) is 0 Å². The number of carbonyl (C=O) groups excluding carboxylic acids is 2. The summed E-state index contributed by atoms with van der Waals surface area (Å²) in [4.78, 5) is 26.8. The number of furan rings is 1. The zero-order valence-corrected chi connectivity index (χ0v) is 16.7. The number of piperidine rings is 1. The molecule has 1 aliphatic heterocycles. The number of hydrogen-bond acceptors (Lipinski definition) is 3. The van der Waals surface area contributed by atoms with Crippen LogP contribution in [0.5, 0.6) is 0 Å². The number of benzene rings is 2. The van der Waals surface area contributed by atoms with E-state index >= 15 is 0 Å². The highest BCUT2D eigenvalue weighted by Crippen LogP contribution is 2.28. The van der Waals surface area contributed by atoms with E-state index in [2.05, 4.69) is 10.6 Å². The lowest BCUT2D eigenvalue weighted by Gasteiger charge is -2.33. The number of nitrogens with zero attached hydrogens (tertiary/aromatic N) is 1. The molecule has 2 aromatic carbocycles. The number of amides is 3. The van der Waals surface area contributed by atoms with E-state index in [1.807, 2.05) is 59.5 Å². The Kier molecular flexibility index (Phi) is 6.13. The Labute approximate surface area is 175 Å². The first kappa shape index (κ1) is 19.8. The summed E-state index contributed by atoms with van der Waals surface area (Å²) in [6.07, 6.45) is 3.37. The molecule has 1 saturated heterocycles. The van der Waals surface area contributed by atoms with E-state index in [-0.39, 0.29) is 17.9 Å². The molecular weight excluding hydrogens is 378 g/mol. The Hall–Kier alpha value is -3.54. The highest BCUT2D eigenvalue weighted by molar-refractivity contribution is 5.94.